The zero-order valence-electron chi connectivity index (χ0n) is 9.95. The van der Waals surface area contributed by atoms with Crippen LogP contribution in [0, 0.1) is 11.3 Å². The topological polar surface area (TPSA) is 50.1 Å². The van der Waals surface area contributed by atoms with Gasteiger partial charge in [-0.2, -0.15) is 5.26 Å². The van der Waals surface area contributed by atoms with Crippen LogP contribution in [0.2, 0.25) is 10.0 Å². The van der Waals surface area contributed by atoms with Crippen molar-refractivity contribution in [3.8, 4) is 6.07 Å². The van der Waals surface area contributed by atoms with Crippen molar-refractivity contribution in [3.63, 3.8) is 0 Å². The molecule has 0 bridgehead atoms. The number of nitrogens with zero attached hydrogens (tertiary/aromatic N) is 1. The summed E-state index contributed by atoms with van der Waals surface area (Å²) in [6.45, 7) is 2.72. The minimum Gasteiger partial charge on any atom is -0.381 e. The molecule has 1 atom stereocenters. The number of ether oxygens (including phenoxy) is 1. The van der Waals surface area contributed by atoms with Crippen molar-refractivity contribution in [1.82, 2.24) is 0 Å². The molecule has 1 aromatic carbocycles. The molecule has 0 aromatic heterocycles. The highest BCUT2D eigenvalue weighted by Crippen LogP contribution is 2.28. The van der Waals surface area contributed by atoms with E-state index in [-0.39, 0.29) is 12.2 Å². The second-order valence-corrected chi connectivity index (χ2v) is 4.48. The zero-order chi connectivity index (χ0) is 13.5. The van der Waals surface area contributed by atoms with E-state index in [2.05, 4.69) is 0 Å². The van der Waals surface area contributed by atoms with E-state index in [0.717, 1.165) is 0 Å². The van der Waals surface area contributed by atoms with Crippen LogP contribution in [-0.4, -0.2) is 19.0 Å². The molecule has 18 heavy (non-hydrogen) atoms. The molecular formula is C13H13Cl2NO2. The molecule has 0 fully saturated rings. The number of hydrogen-bond donors (Lipinski definition) is 0. The normalized spacial score (nSPS) is 11.9. The Bertz CT molecular complexity index is 469. The molecule has 0 amide bonds. The van der Waals surface area contributed by atoms with Crippen LogP contribution in [0.1, 0.15) is 24.8 Å². The molecular weight excluding hydrogens is 273 g/mol. The van der Waals surface area contributed by atoms with Gasteiger partial charge in [-0.15, -0.1) is 0 Å². The van der Waals surface area contributed by atoms with Crippen molar-refractivity contribution in [1.29, 1.82) is 5.26 Å². The first-order valence-electron chi connectivity index (χ1n) is 5.55. The lowest BCUT2D eigenvalue weighted by Gasteiger charge is -2.10. The number of ketones is 1. The van der Waals surface area contributed by atoms with Crippen molar-refractivity contribution in [2.45, 2.75) is 19.3 Å². The Morgan fingerprint density at radius 2 is 2.22 bits per heavy atom. The van der Waals surface area contributed by atoms with Crippen molar-refractivity contribution in [3.05, 3.63) is 33.8 Å². The fourth-order valence-corrected chi connectivity index (χ4v) is 2.03. The Morgan fingerprint density at radius 1 is 1.50 bits per heavy atom. The van der Waals surface area contributed by atoms with Crippen LogP contribution in [-0.2, 0) is 9.53 Å². The third-order valence-corrected chi connectivity index (χ3v) is 2.98. The van der Waals surface area contributed by atoms with Crippen LogP contribution < -0.4 is 0 Å². The summed E-state index contributed by atoms with van der Waals surface area (Å²) in [5.41, 5.74) is 0.491. The quantitative estimate of drug-likeness (QED) is 0.751. The van der Waals surface area contributed by atoms with Gasteiger partial charge in [0.05, 0.1) is 12.7 Å². The van der Waals surface area contributed by atoms with E-state index in [0.29, 0.717) is 28.8 Å². The van der Waals surface area contributed by atoms with Crippen LogP contribution in [0.25, 0.3) is 0 Å². The Balaban J connectivity index is 2.83. The van der Waals surface area contributed by atoms with Crippen LogP contribution in [0.4, 0.5) is 0 Å². The molecule has 0 saturated heterocycles. The summed E-state index contributed by atoms with van der Waals surface area (Å²) in [5, 5.41) is 9.90. The Labute approximate surface area is 116 Å². The minimum atomic E-state index is -0.866. The highest BCUT2D eigenvalue weighted by molar-refractivity contribution is 6.35. The van der Waals surface area contributed by atoms with Crippen molar-refractivity contribution >= 4 is 29.0 Å². The monoisotopic (exact) mass is 285 g/mol. The number of carbonyl (C=O) groups is 1. The van der Waals surface area contributed by atoms with Crippen LogP contribution in [0.15, 0.2) is 18.2 Å². The van der Waals surface area contributed by atoms with E-state index in [9.17, 15) is 4.79 Å². The van der Waals surface area contributed by atoms with Gasteiger partial charge < -0.3 is 4.74 Å². The van der Waals surface area contributed by atoms with E-state index in [1.807, 2.05) is 13.0 Å². The van der Waals surface area contributed by atoms with Gasteiger partial charge in [-0.1, -0.05) is 29.3 Å². The summed E-state index contributed by atoms with van der Waals surface area (Å²) >= 11 is 11.8. The van der Waals surface area contributed by atoms with Gasteiger partial charge in [-0.3, -0.25) is 4.79 Å². The number of rotatable bonds is 6. The van der Waals surface area contributed by atoms with Crippen molar-refractivity contribution in [2.24, 2.45) is 0 Å². The molecule has 0 heterocycles. The summed E-state index contributed by atoms with van der Waals surface area (Å²) in [4.78, 5) is 11.9. The van der Waals surface area contributed by atoms with Crippen LogP contribution in [0.3, 0.4) is 0 Å². The third kappa shape index (κ3) is 3.99. The van der Waals surface area contributed by atoms with Crippen molar-refractivity contribution < 1.29 is 9.53 Å². The van der Waals surface area contributed by atoms with Gasteiger partial charge in [0.25, 0.3) is 0 Å². The summed E-state index contributed by atoms with van der Waals surface area (Å²) in [6.07, 6.45) is 0.199. The predicted molar refractivity (Wildman–Crippen MR) is 70.9 cm³/mol. The van der Waals surface area contributed by atoms with Gasteiger partial charge in [-0.25, -0.2) is 0 Å². The SMILES string of the molecule is CCOCCC(=O)C(C#N)c1ccc(Cl)cc1Cl. The molecule has 1 unspecified atom stereocenters. The van der Waals surface area contributed by atoms with E-state index in [4.69, 9.17) is 33.2 Å². The number of halogens is 2. The van der Waals surface area contributed by atoms with E-state index in [1.54, 1.807) is 12.1 Å². The first-order chi connectivity index (χ1) is 8.60. The summed E-state index contributed by atoms with van der Waals surface area (Å²) in [7, 11) is 0. The second kappa shape index (κ2) is 7.38. The van der Waals surface area contributed by atoms with Crippen LogP contribution >= 0.6 is 23.2 Å². The lowest BCUT2D eigenvalue weighted by Crippen LogP contribution is -2.13. The maximum absolute atomic E-state index is 11.9. The summed E-state index contributed by atoms with van der Waals surface area (Å²) < 4.78 is 5.10. The second-order valence-electron chi connectivity index (χ2n) is 3.64. The van der Waals surface area contributed by atoms with Crippen LogP contribution in [0.5, 0.6) is 0 Å². The highest BCUT2D eigenvalue weighted by atomic mass is 35.5. The molecule has 1 aromatic rings. The number of nitriles is 1. The molecule has 96 valence electrons. The number of carbonyl (C=O) groups excluding carboxylic acids is 1. The number of benzene rings is 1. The Morgan fingerprint density at radius 3 is 2.78 bits per heavy atom. The number of hydrogen-bond acceptors (Lipinski definition) is 3. The molecule has 5 heteroatoms. The predicted octanol–water partition coefficient (Wildman–Crippen LogP) is 3.60. The summed E-state index contributed by atoms with van der Waals surface area (Å²) in [5.74, 6) is -1.06. The first kappa shape index (κ1) is 15.0. The zero-order valence-corrected chi connectivity index (χ0v) is 11.5. The highest BCUT2D eigenvalue weighted by Gasteiger charge is 2.22. The lowest BCUT2D eigenvalue weighted by atomic mass is 9.94. The Kier molecular flexibility index (Phi) is 6.14. The first-order valence-corrected chi connectivity index (χ1v) is 6.30. The van der Waals surface area contributed by atoms with Gasteiger partial charge in [0.1, 0.15) is 5.92 Å². The lowest BCUT2D eigenvalue weighted by molar-refractivity contribution is -0.120. The summed E-state index contributed by atoms with van der Waals surface area (Å²) in [6, 6.07) is 6.72. The number of Topliss-reactive ketones (excluding diaryl/α,β-unsaturated/α-hetero) is 1. The van der Waals surface area contributed by atoms with Gasteiger partial charge >= 0.3 is 0 Å². The largest absolute Gasteiger partial charge is 0.381 e. The fraction of sp³-hybridized carbons (Fsp3) is 0.385. The van der Waals surface area contributed by atoms with E-state index >= 15 is 0 Å². The molecule has 0 N–H and O–H groups in total. The van der Waals surface area contributed by atoms with Gasteiger partial charge in [0, 0.05) is 23.1 Å². The van der Waals surface area contributed by atoms with Gasteiger partial charge in [0.2, 0.25) is 0 Å². The maximum atomic E-state index is 11.9. The minimum absolute atomic E-state index is 0.199. The molecule has 0 saturated carbocycles. The van der Waals surface area contributed by atoms with Gasteiger partial charge in [0.15, 0.2) is 5.78 Å². The molecule has 0 spiro atoms. The molecule has 0 aliphatic heterocycles. The smallest absolute Gasteiger partial charge is 0.156 e. The fourth-order valence-electron chi connectivity index (χ4n) is 1.51. The molecule has 3 nitrogen and oxygen atoms in total. The molecule has 1 rings (SSSR count). The standard InChI is InChI=1S/C13H13Cl2NO2/c1-2-18-6-5-13(17)11(8-16)10-4-3-9(14)7-12(10)15/h3-4,7,11H,2,5-6H2,1H3. The molecule has 0 aliphatic rings. The molecule has 0 aliphatic carbocycles. The van der Waals surface area contributed by atoms with Gasteiger partial charge in [-0.05, 0) is 24.6 Å². The maximum Gasteiger partial charge on any atom is 0.156 e. The van der Waals surface area contributed by atoms with E-state index < -0.39 is 5.92 Å². The molecule has 0 radical (unpaired) electrons. The average Bonchev–Trinajstić information content (AvgIpc) is 2.33. The van der Waals surface area contributed by atoms with Crippen molar-refractivity contribution in [2.75, 3.05) is 13.2 Å². The third-order valence-electron chi connectivity index (χ3n) is 2.42. The Hall–Kier alpha value is -1.08. The van der Waals surface area contributed by atoms with E-state index in [1.165, 1.54) is 6.07 Å². The average molecular weight is 286 g/mol.